The maximum Gasteiger partial charge on any atom is 0.0681 e. The Bertz CT molecular complexity index is 592. The average Bonchev–Trinajstić information content (AvgIpc) is 2.95. The molecule has 1 aliphatic rings. The topological polar surface area (TPSA) is 32.3 Å². The fraction of sp³-hybridized carbons (Fsp3) is 0.333. The molecular formula is C18H21NO. The first-order valence-electron chi connectivity index (χ1n) is 7.35. The fourth-order valence-corrected chi connectivity index (χ4v) is 2.92. The zero-order valence-electron chi connectivity index (χ0n) is 11.7. The van der Waals surface area contributed by atoms with E-state index in [9.17, 15) is 0 Å². The molecule has 20 heavy (non-hydrogen) atoms. The van der Waals surface area contributed by atoms with Crippen LogP contribution in [0.25, 0.3) is 0 Å². The molecule has 0 saturated heterocycles. The minimum atomic E-state index is 0.110. The third-order valence-corrected chi connectivity index (χ3v) is 4.00. The molecule has 0 saturated carbocycles. The number of aliphatic hydroxyl groups excluding tert-OH is 1. The number of aliphatic hydroxyl groups is 1. The van der Waals surface area contributed by atoms with Crippen LogP contribution in [0.15, 0.2) is 42.5 Å². The molecule has 0 bridgehead atoms. The number of hydrogen-bond acceptors (Lipinski definition) is 2. The highest BCUT2D eigenvalue weighted by atomic mass is 16.3. The minimum absolute atomic E-state index is 0.110. The zero-order chi connectivity index (χ0) is 13.8. The van der Waals surface area contributed by atoms with E-state index in [-0.39, 0.29) is 6.61 Å². The quantitative estimate of drug-likeness (QED) is 0.873. The van der Waals surface area contributed by atoms with Crippen molar-refractivity contribution in [3.8, 4) is 0 Å². The second-order valence-electron chi connectivity index (χ2n) is 5.54. The van der Waals surface area contributed by atoms with E-state index in [4.69, 9.17) is 5.11 Å². The molecule has 0 aromatic heterocycles. The number of benzene rings is 2. The van der Waals surface area contributed by atoms with Gasteiger partial charge in [-0.05, 0) is 47.1 Å². The van der Waals surface area contributed by atoms with Crippen molar-refractivity contribution in [3.05, 3.63) is 70.3 Å². The van der Waals surface area contributed by atoms with Crippen molar-refractivity contribution in [3.63, 3.8) is 0 Å². The molecule has 0 heterocycles. The van der Waals surface area contributed by atoms with E-state index in [0.29, 0.717) is 0 Å². The summed E-state index contributed by atoms with van der Waals surface area (Å²) in [5.41, 5.74) is 6.62. The lowest BCUT2D eigenvalue weighted by Crippen LogP contribution is -2.13. The smallest absolute Gasteiger partial charge is 0.0681 e. The predicted molar refractivity (Wildman–Crippen MR) is 81.4 cm³/mol. The number of nitrogens with one attached hydrogen (secondary N) is 1. The Kier molecular flexibility index (Phi) is 4.14. The number of rotatable bonds is 5. The van der Waals surface area contributed by atoms with E-state index in [1.165, 1.54) is 41.5 Å². The molecule has 3 rings (SSSR count). The van der Waals surface area contributed by atoms with Gasteiger partial charge in [-0.3, -0.25) is 0 Å². The fourth-order valence-electron chi connectivity index (χ4n) is 2.92. The standard InChI is InChI=1S/C18H21NO/c20-13-16-4-1-3-14(9-16)11-19-12-15-7-8-17-5-2-6-18(17)10-15/h1,3-4,7-10,19-20H,2,5-6,11-13H2. The molecule has 2 nitrogen and oxygen atoms in total. The van der Waals surface area contributed by atoms with Crippen LogP contribution in [0.1, 0.15) is 34.2 Å². The summed E-state index contributed by atoms with van der Waals surface area (Å²) in [5.74, 6) is 0. The van der Waals surface area contributed by atoms with Crippen LogP contribution < -0.4 is 5.32 Å². The molecule has 0 amide bonds. The Morgan fingerprint density at radius 3 is 2.45 bits per heavy atom. The summed E-state index contributed by atoms with van der Waals surface area (Å²) in [4.78, 5) is 0. The Morgan fingerprint density at radius 1 is 0.850 bits per heavy atom. The Hall–Kier alpha value is -1.64. The Balaban J connectivity index is 1.57. The SMILES string of the molecule is OCc1cccc(CNCc2ccc3c(c2)CCC3)c1. The molecule has 2 aromatic rings. The highest BCUT2D eigenvalue weighted by Gasteiger charge is 2.10. The van der Waals surface area contributed by atoms with Gasteiger partial charge in [0, 0.05) is 13.1 Å². The molecule has 2 N–H and O–H groups in total. The Labute approximate surface area is 120 Å². The molecule has 0 spiro atoms. The number of hydrogen-bond donors (Lipinski definition) is 2. The first-order valence-corrected chi connectivity index (χ1v) is 7.35. The van der Waals surface area contributed by atoms with E-state index >= 15 is 0 Å². The van der Waals surface area contributed by atoms with E-state index in [0.717, 1.165) is 18.7 Å². The van der Waals surface area contributed by atoms with Gasteiger partial charge >= 0.3 is 0 Å². The maximum absolute atomic E-state index is 9.13. The van der Waals surface area contributed by atoms with Gasteiger partial charge in [-0.25, -0.2) is 0 Å². The van der Waals surface area contributed by atoms with Crippen LogP contribution in [0, 0.1) is 0 Å². The highest BCUT2D eigenvalue weighted by Crippen LogP contribution is 2.22. The van der Waals surface area contributed by atoms with Crippen LogP contribution in [0.2, 0.25) is 0 Å². The van der Waals surface area contributed by atoms with Crippen LogP contribution in [-0.2, 0) is 32.5 Å². The van der Waals surface area contributed by atoms with Crippen molar-refractivity contribution in [2.75, 3.05) is 0 Å². The lowest BCUT2D eigenvalue weighted by Gasteiger charge is -2.08. The lowest BCUT2D eigenvalue weighted by molar-refractivity contribution is 0.281. The summed E-state index contributed by atoms with van der Waals surface area (Å²) >= 11 is 0. The second kappa shape index (κ2) is 6.21. The van der Waals surface area contributed by atoms with E-state index in [1.54, 1.807) is 0 Å². The largest absolute Gasteiger partial charge is 0.392 e. The van der Waals surface area contributed by atoms with Crippen molar-refractivity contribution < 1.29 is 5.11 Å². The summed E-state index contributed by atoms with van der Waals surface area (Å²) in [5, 5.41) is 12.6. The molecule has 0 atom stereocenters. The van der Waals surface area contributed by atoms with Gasteiger partial charge < -0.3 is 10.4 Å². The zero-order valence-corrected chi connectivity index (χ0v) is 11.7. The summed E-state index contributed by atoms with van der Waals surface area (Å²) in [6.07, 6.45) is 3.79. The van der Waals surface area contributed by atoms with Crippen LogP contribution in [0.5, 0.6) is 0 Å². The van der Waals surface area contributed by atoms with E-state index in [1.807, 2.05) is 12.1 Å². The summed E-state index contributed by atoms with van der Waals surface area (Å²) in [6.45, 7) is 1.85. The predicted octanol–water partition coefficient (Wildman–Crippen LogP) is 2.96. The molecule has 2 aromatic carbocycles. The minimum Gasteiger partial charge on any atom is -0.392 e. The van der Waals surface area contributed by atoms with Gasteiger partial charge in [0.1, 0.15) is 0 Å². The van der Waals surface area contributed by atoms with Crippen molar-refractivity contribution in [1.29, 1.82) is 0 Å². The maximum atomic E-state index is 9.13. The van der Waals surface area contributed by atoms with Crippen molar-refractivity contribution >= 4 is 0 Å². The van der Waals surface area contributed by atoms with Crippen LogP contribution in [0.4, 0.5) is 0 Å². The van der Waals surface area contributed by atoms with Gasteiger partial charge in [0.2, 0.25) is 0 Å². The van der Waals surface area contributed by atoms with Gasteiger partial charge in [-0.2, -0.15) is 0 Å². The first-order chi connectivity index (χ1) is 9.85. The second-order valence-corrected chi connectivity index (χ2v) is 5.54. The van der Waals surface area contributed by atoms with Crippen LogP contribution in [-0.4, -0.2) is 5.11 Å². The third kappa shape index (κ3) is 3.09. The molecule has 104 valence electrons. The number of aryl methyl sites for hydroxylation is 2. The lowest BCUT2D eigenvalue weighted by atomic mass is 10.1. The van der Waals surface area contributed by atoms with Gasteiger partial charge in [-0.1, -0.05) is 42.5 Å². The van der Waals surface area contributed by atoms with E-state index in [2.05, 4.69) is 35.6 Å². The molecular weight excluding hydrogens is 246 g/mol. The van der Waals surface area contributed by atoms with E-state index < -0.39 is 0 Å². The third-order valence-electron chi connectivity index (χ3n) is 4.00. The van der Waals surface area contributed by atoms with Crippen molar-refractivity contribution in [2.45, 2.75) is 39.0 Å². The normalized spacial score (nSPS) is 13.4. The molecule has 0 radical (unpaired) electrons. The summed E-state index contributed by atoms with van der Waals surface area (Å²) in [6, 6.07) is 15.0. The van der Waals surface area contributed by atoms with Gasteiger partial charge in [0.15, 0.2) is 0 Å². The highest BCUT2D eigenvalue weighted by molar-refractivity contribution is 5.35. The van der Waals surface area contributed by atoms with Crippen LogP contribution in [0.3, 0.4) is 0 Å². The molecule has 0 unspecified atom stereocenters. The first kappa shape index (κ1) is 13.3. The Morgan fingerprint density at radius 2 is 1.60 bits per heavy atom. The monoisotopic (exact) mass is 267 g/mol. The number of fused-ring (bicyclic) bond motifs is 1. The summed E-state index contributed by atoms with van der Waals surface area (Å²) < 4.78 is 0. The molecule has 2 heteroatoms. The molecule has 0 aliphatic heterocycles. The average molecular weight is 267 g/mol. The molecule has 0 fully saturated rings. The van der Waals surface area contributed by atoms with Gasteiger partial charge in [0.05, 0.1) is 6.61 Å². The van der Waals surface area contributed by atoms with Crippen molar-refractivity contribution in [1.82, 2.24) is 5.32 Å². The van der Waals surface area contributed by atoms with Crippen LogP contribution >= 0.6 is 0 Å². The summed E-state index contributed by atoms with van der Waals surface area (Å²) in [7, 11) is 0. The van der Waals surface area contributed by atoms with Crippen molar-refractivity contribution in [2.24, 2.45) is 0 Å². The molecule has 1 aliphatic carbocycles. The van der Waals surface area contributed by atoms with Gasteiger partial charge in [-0.15, -0.1) is 0 Å². The van der Waals surface area contributed by atoms with Gasteiger partial charge in [0.25, 0.3) is 0 Å².